The van der Waals surface area contributed by atoms with Gasteiger partial charge in [0.1, 0.15) is 0 Å². The molecule has 2 nitrogen and oxygen atoms in total. The second kappa shape index (κ2) is 4.86. The SMILES string of the molecule is Nc1ccc(Cl)cc1CC1CCCOC1. The summed E-state index contributed by atoms with van der Waals surface area (Å²) in [6.45, 7) is 1.76. The van der Waals surface area contributed by atoms with Crippen LogP contribution in [-0.4, -0.2) is 13.2 Å². The second-order valence-corrected chi connectivity index (χ2v) is 4.57. The lowest BCUT2D eigenvalue weighted by molar-refractivity contribution is 0.0551. The molecule has 3 heteroatoms. The molecule has 2 N–H and O–H groups in total. The highest BCUT2D eigenvalue weighted by atomic mass is 35.5. The Morgan fingerprint density at radius 3 is 3.07 bits per heavy atom. The van der Waals surface area contributed by atoms with E-state index < -0.39 is 0 Å². The van der Waals surface area contributed by atoms with Gasteiger partial charge in [-0.3, -0.25) is 0 Å². The van der Waals surface area contributed by atoms with Crippen LogP contribution in [0, 0.1) is 5.92 Å². The van der Waals surface area contributed by atoms with E-state index in [0.717, 1.165) is 42.3 Å². The third kappa shape index (κ3) is 2.86. The lowest BCUT2D eigenvalue weighted by atomic mass is 9.93. The lowest BCUT2D eigenvalue weighted by Crippen LogP contribution is -2.19. The van der Waals surface area contributed by atoms with Crippen LogP contribution in [0.15, 0.2) is 18.2 Å². The summed E-state index contributed by atoms with van der Waals surface area (Å²) in [6.07, 6.45) is 3.36. The predicted octanol–water partition coefficient (Wildman–Crippen LogP) is 2.89. The Morgan fingerprint density at radius 1 is 1.47 bits per heavy atom. The van der Waals surface area contributed by atoms with E-state index in [0.29, 0.717) is 5.92 Å². The van der Waals surface area contributed by atoms with Gasteiger partial charge < -0.3 is 10.5 Å². The fourth-order valence-corrected chi connectivity index (χ4v) is 2.23. The highest BCUT2D eigenvalue weighted by Gasteiger charge is 2.15. The number of nitrogens with two attached hydrogens (primary N) is 1. The van der Waals surface area contributed by atoms with E-state index in [1.807, 2.05) is 18.2 Å². The Kier molecular flexibility index (Phi) is 3.49. The van der Waals surface area contributed by atoms with Crippen molar-refractivity contribution in [2.45, 2.75) is 19.3 Å². The van der Waals surface area contributed by atoms with Crippen LogP contribution in [0.25, 0.3) is 0 Å². The average molecular weight is 226 g/mol. The summed E-state index contributed by atoms with van der Waals surface area (Å²) in [5.74, 6) is 0.597. The first-order valence-electron chi connectivity index (χ1n) is 5.37. The Hall–Kier alpha value is -0.730. The van der Waals surface area contributed by atoms with Crippen LogP contribution < -0.4 is 5.73 Å². The third-order valence-electron chi connectivity index (χ3n) is 2.87. The fraction of sp³-hybridized carbons (Fsp3) is 0.500. The van der Waals surface area contributed by atoms with Gasteiger partial charge in [0.05, 0.1) is 0 Å². The van der Waals surface area contributed by atoms with E-state index >= 15 is 0 Å². The molecule has 0 aliphatic carbocycles. The van der Waals surface area contributed by atoms with E-state index in [-0.39, 0.29) is 0 Å². The van der Waals surface area contributed by atoms with Crippen molar-refractivity contribution >= 4 is 17.3 Å². The molecular weight excluding hydrogens is 210 g/mol. The molecule has 0 spiro atoms. The van der Waals surface area contributed by atoms with Crippen LogP contribution in [0.1, 0.15) is 18.4 Å². The van der Waals surface area contributed by atoms with Gasteiger partial charge in [-0.2, -0.15) is 0 Å². The zero-order valence-corrected chi connectivity index (χ0v) is 9.46. The number of rotatable bonds is 2. The number of anilines is 1. The topological polar surface area (TPSA) is 35.2 Å². The highest BCUT2D eigenvalue weighted by molar-refractivity contribution is 6.30. The van der Waals surface area contributed by atoms with Crippen molar-refractivity contribution in [1.29, 1.82) is 0 Å². The maximum Gasteiger partial charge on any atom is 0.0497 e. The minimum Gasteiger partial charge on any atom is -0.399 e. The van der Waals surface area contributed by atoms with Crippen molar-refractivity contribution in [1.82, 2.24) is 0 Å². The molecule has 0 bridgehead atoms. The highest BCUT2D eigenvalue weighted by Crippen LogP contribution is 2.24. The second-order valence-electron chi connectivity index (χ2n) is 4.13. The summed E-state index contributed by atoms with van der Waals surface area (Å²) in [6, 6.07) is 5.67. The molecule has 15 heavy (non-hydrogen) atoms. The molecule has 0 radical (unpaired) electrons. The summed E-state index contributed by atoms with van der Waals surface area (Å²) < 4.78 is 5.45. The van der Waals surface area contributed by atoms with Crippen molar-refractivity contribution in [3.8, 4) is 0 Å². The normalized spacial score (nSPS) is 21.5. The number of ether oxygens (including phenoxy) is 1. The van der Waals surface area contributed by atoms with Crippen molar-refractivity contribution in [3.05, 3.63) is 28.8 Å². The predicted molar refractivity (Wildman–Crippen MR) is 63.1 cm³/mol. The van der Waals surface area contributed by atoms with Crippen molar-refractivity contribution in [2.24, 2.45) is 5.92 Å². The van der Waals surface area contributed by atoms with Gasteiger partial charge in [0.25, 0.3) is 0 Å². The van der Waals surface area contributed by atoms with Crippen LogP contribution in [0.4, 0.5) is 5.69 Å². The third-order valence-corrected chi connectivity index (χ3v) is 3.10. The first-order valence-corrected chi connectivity index (χ1v) is 5.75. The Balaban J connectivity index is 2.05. The number of hydrogen-bond acceptors (Lipinski definition) is 2. The molecule has 0 saturated carbocycles. The van der Waals surface area contributed by atoms with E-state index in [4.69, 9.17) is 22.1 Å². The minimum absolute atomic E-state index is 0.597. The molecule has 0 amide bonds. The molecule has 1 saturated heterocycles. The zero-order valence-electron chi connectivity index (χ0n) is 8.71. The summed E-state index contributed by atoms with van der Waals surface area (Å²) in [7, 11) is 0. The molecule has 2 rings (SSSR count). The lowest BCUT2D eigenvalue weighted by Gasteiger charge is -2.22. The van der Waals surface area contributed by atoms with Crippen molar-refractivity contribution in [3.63, 3.8) is 0 Å². The van der Waals surface area contributed by atoms with Gasteiger partial charge in [0, 0.05) is 23.9 Å². The Morgan fingerprint density at radius 2 is 2.33 bits per heavy atom. The standard InChI is InChI=1S/C12H16ClNO/c13-11-3-4-12(14)10(7-11)6-9-2-1-5-15-8-9/h3-4,7,9H,1-2,5-6,8,14H2. The molecule has 0 aromatic heterocycles. The average Bonchev–Trinajstić information content (AvgIpc) is 2.25. The molecule has 1 aromatic carbocycles. The van der Waals surface area contributed by atoms with Gasteiger partial charge >= 0.3 is 0 Å². The minimum atomic E-state index is 0.597. The smallest absolute Gasteiger partial charge is 0.0497 e. The first kappa shape index (κ1) is 10.8. The molecule has 1 atom stereocenters. The van der Waals surface area contributed by atoms with E-state index in [1.165, 1.54) is 6.42 Å². The molecule has 1 aromatic rings. The molecule has 1 fully saturated rings. The number of halogens is 1. The molecular formula is C12H16ClNO. The van der Waals surface area contributed by atoms with Gasteiger partial charge in [-0.05, 0) is 48.9 Å². The van der Waals surface area contributed by atoms with E-state index in [2.05, 4.69) is 0 Å². The molecule has 1 aliphatic heterocycles. The number of benzene rings is 1. The van der Waals surface area contributed by atoms with Crippen molar-refractivity contribution in [2.75, 3.05) is 18.9 Å². The summed E-state index contributed by atoms with van der Waals surface area (Å²) >= 11 is 5.95. The van der Waals surface area contributed by atoms with Gasteiger partial charge in [0.15, 0.2) is 0 Å². The van der Waals surface area contributed by atoms with Gasteiger partial charge in [-0.15, -0.1) is 0 Å². The molecule has 82 valence electrons. The van der Waals surface area contributed by atoms with Gasteiger partial charge in [0.2, 0.25) is 0 Å². The van der Waals surface area contributed by atoms with Gasteiger partial charge in [-0.1, -0.05) is 11.6 Å². The molecule has 1 heterocycles. The monoisotopic (exact) mass is 225 g/mol. The number of hydrogen-bond donors (Lipinski definition) is 1. The first-order chi connectivity index (χ1) is 7.25. The maximum absolute atomic E-state index is 5.95. The van der Waals surface area contributed by atoms with Crippen LogP contribution in [0.5, 0.6) is 0 Å². The molecule has 1 unspecified atom stereocenters. The zero-order chi connectivity index (χ0) is 10.7. The van der Waals surface area contributed by atoms with Crippen molar-refractivity contribution < 1.29 is 4.74 Å². The summed E-state index contributed by atoms with van der Waals surface area (Å²) in [5.41, 5.74) is 7.90. The van der Waals surface area contributed by atoms with Gasteiger partial charge in [-0.25, -0.2) is 0 Å². The Labute approximate surface area is 95.4 Å². The quantitative estimate of drug-likeness (QED) is 0.786. The fourth-order valence-electron chi connectivity index (χ4n) is 2.03. The van der Waals surface area contributed by atoms with E-state index in [9.17, 15) is 0 Å². The maximum atomic E-state index is 5.95. The van der Waals surface area contributed by atoms with E-state index in [1.54, 1.807) is 0 Å². The largest absolute Gasteiger partial charge is 0.399 e. The van der Waals surface area contributed by atoms with Crippen LogP contribution in [-0.2, 0) is 11.2 Å². The van der Waals surface area contributed by atoms with Crippen LogP contribution in [0.3, 0.4) is 0 Å². The van der Waals surface area contributed by atoms with Crippen LogP contribution in [0.2, 0.25) is 5.02 Å². The number of nitrogen functional groups attached to an aromatic ring is 1. The Bertz CT molecular complexity index is 334. The summed E-state index contributed by atoms with van der Waals surface area (Å²) in [4.78, 5) is 0. The summed E-state index contributed by atoms with van der Waals surface area (Å²) in [5, 5.41) is 0.760. The molecule has 1 aliphatic rings. The van der Waals surface area contributed by atoms with Crippen LogP contribution >= 0.6 is 11.6 Å².